The molecule has 1 unspecified atom stereocenters. The Hall–Kier alpha value is -1.75. The van der Waals surface area contributed by atoms with Crippen molar-refractivity contribution in [3.05, 3.63) is 29.3 Å². The fraction of sp³-hybridized carbons (Fsp3) is 0.588. The summed E-state index contributed by atoms with van der Waals surface area (Å²) < 4.78 is 6.04. The van der Waals surface area contributed by atoms with Crippen LogP contribution in [0.1, 0.15) is 38.3 Å². The van der Waals surface area contributed by atoms with E-state index in [2.05, 4.69) is 31.4 Å². The van der Waals surface area contributed by atoms with E-state index in [-0.39, 0.29) is 25.3 Å². The molecule has 0 aliphatic rings. The van der Waals surface area contributed by atoms with Gasteiger partial charge in [-0.2, -0.15) is 0 Å². The summed E-state index contributed by atoms with van der Waals surface area (Å²) in [6.07, 6.45) is 1.11. The molecule has 1 aromatic rings. The molecule has 0 aromatic heterocycles. The number of benzene rings is 1. The maximum absolute atomic E-state index is 11.5. The summed E-state index contributed by atoms with van der Waals surface area (Å²) in [7, 11) is 0. The zero-order valence-electron chi connectivity index (χ0n) is 14.0. The number of amides is 2. The molecule has 0 aliphatic carbocycles. The largest absolute Gasteiger partial charge is 0.490 e. The molecule has 3 N–H and O–H groups in total. The highest BCUT2D eigenvalue weighted by Crippen LogP contribution is 2.23. The topological polar surface area (TPSA) is 70.6 Å². The van der Waals surface area contributed by atoms with E-state index in [1.165, 1.54) is 0 Å². The molecule has 0 radical (unpaired) electrons. The number of carbonyl (C=O) groups is 1. The Morgan fingerprint density at radius 1 is 1.27 bits per heavy atom. The van der Waals surface area contributed by atoms with Gasteiger partial charge >= 0.3 is 6.03 Å². The standard InChI is InChI=1S/C17H28N2O3/c1-12(2)9-14(4)22-16-10-13(3)5-6-15(16)11-19-17(21)18-7-8-20/h5-6,10,12,14,20H,7-9,11H2,1-4H3,(H2,18,19,21). The van der Waals surface area contributed by atoms with Gasteiger partial charge in [0, 0.05) is 18.7 Å². The van der Waals surface area contributed by atoms with Crippen LogP contribution in [0.2, 0.25) is 0 Å². The van der Waals surface area contributed by atoms with E-state index >= 15 is 0 Å². The van der Waals surface area contributed by atoms with Crippen molar-refractivity contribution in [3.63, 3.8) is 0 Å². The smallest absolute Gasteiger partial charge is 0.315 e. The SMILES string of the molecule is Cc1ccc(CNC(=O)NCCO)c(OC(C)CC(C)C)c1. The molecule has 0 spiro atoms. The normalized spacial score (nSPS) is 12.1. The minimum absolute atomic E-state index is 0.0704. The predicted molar refractivity (Wildman–Crippen MR) is 88.0 cm³/mol. The number of urea groups is 1. The number of aliphatic hydroxyl groups is 1. The molecule has 1 atom stereocenters. The molecule has 0 saturated carbocycles. The molecule has 0 fully saturated rings. The number of ether oxygens (including phenoxy) is 1. The van der Waals surface area contributed by atoms with Crippen LogP contribution in [-0.2, 0) is 6.54 Å². The van der Waals surface area contributed by atoms with Gasteiger partial charge in [0.25, 0.3) is 0 Å². The predicted octanol–water partition coefficient (Wildman–Crippen LogP) is 2.60. The summed E-state index contributed by atoms with van der Waals surface area (Å²) in [6.45, 7) is 8.99. The van der Waals surface area contributed by atoms with Gasteiger partial charge in [0.05, 0.1) is 12.7 Å². The van der Waals surface area contributed by atoms with Crippen molar-refractivity contribution in [2.75, 3.05) is 13.2 Å². The number of hydrogen-bond acceptors (Lipinski definition) is 3. The highest BCUT2D eigenvalue weighted by atomic mass is 16.5. The van der Waals surface area contributed by atoms with Crippen LogP contribution in [0, 0.1) is 12.8 Å². The maximum Gasteiger partial charge on any atom is 0.315 e. The van der Waals surface area contributed by atoms with Gasteiger partial charge in [-0.3, -0.25) is 0 Å². The molecule has 22 heavy (non-hydrogen) atoms. The lowest BCUT2D eigenvalue weighted by Crippen LogP contribution is -2.36. The summed E-state index contributed by atoms with van der Waals surface area (Å²) in [6, 6.07) is 5.68. The van der Waals surface area contributed by atoms with Crippen LogP contribution in [0.15, 0.2) is 18.2 Å². The monoisotopic (exact) mass is 308 g/mol. The zero-order valence-corrected chi connectivity index (χ0v) is 14.0. The summed E-state index contributed by atoms with van der Waals surface area (Å²) >= 11 is 0. The van der Waals surface area contributed by atoms with Crippen LogP contribution in [0.3, 0.4) is 0 Å². The van der Waals surface area contributed by atoms with Crippen molar-refractivity contribution in [2.45, 2.75) is 46.8 Å². The zero-order chi connectivity index (χ0) is 16.5. The number of rotatable bonds is 8. The second kappa shape index (κ2) is 9.30. The van der Waals surface area contributed by atoms with Crippen molar-refractivity contribution in [1.82, 2.24) is 10.6 Å². The van der Waals surface area contributed by atoms with Gasteiger partial charge in [-0.05, 0) is 37.8 Å². The van der Waals surface area contributed by atoms with E-state index in [1.807, 2.05) is 25.1 Å². The van der Waals surface area contributed by atoms with E-state index in [1.54, 1.807) is 0 Å². The second-order valence-corrected chi connectivity index (χ2v) is 6.00. The first kappa shape index (κ1) is 18.3. The quantitative estimate of drug-likeness (QED) is 0.691. The number of aryl methyl sites for hydroxylation is 1. The third kappa shape index (κ3) is 6.80. The van der Waals surface area contributed by atoms with E-state index in [4.69, 9.17) is 9.84 Å². The number of carbonyl (C=O) groups excluding carboxylic acids is 1. The lowest BCUT2D eigenvalue weighted by molar-refractivity contribution is 0.191. The Labute approximate surface area is 133 Å². The molecule has 5 nitrogen and oxygen atoms in total. The molecule has 1 aromatic carbocycles. The van der Waals surface area contributed by atoms with Crippen LogP contribution in [0.25, 0.3) is 0 Å². The van der Waals surface area contributed by atoms with Crippen LogP contribution < -0.4 is 15.4 Å². The summed E-state index contributed by atoms with van der Waals surface area (Å²) in [4.78, 5) is 11.5. The number of aliphatic hydroxyl groups excluding tert-OH is 1. The Balaban J connectivity index is 2.67. The molecule has 124 valence electrons. The van der Waals surface area contributed by atoms with E-state index in [0.29, 0.717) is 12.5 Å². The number of hydrogen-bond donors (Lipinski definition) is 3. The maximum atomic E-state index is 11.5. The van der Waals surface area contributed by atoms with Crippen LogP contribution in [0.4, 0.5) is 4.79 Å². The van der Waals surface area contributed by atoms with Crippen LogP contribution >= 0.6 is 0 Å². The molecule has 1 rings (SSSR count). The van der Waals surface area contributed by atoms with Gasteiger partial charge in [-0.15, -0.1) is 0 Å². The van der Waals surface area contributed by atoms with Crippen molar-refractivity contribution in [1.29, 1.82) is 0 Å². The van der Waals surface area contributed by atoms with E-state index in [9.17, 15) is 4.79 Å². The molecule has 0 bridgehead atoms. The lowest BCUT2D eigenvalue weighted by atomic mass is 10.1. The van der Waals surface area contributed by atoms with Crippen molar-refractivity contribution >= 4 is 6.03 Å². The summed E-state index contributed by atoms with van der Waals surface area (Å²) in [5, 5.41) is 14.0. The molecule has 2 amide bonds. The highest BCUT2D eigenvalue weighted by molar-refractivity contribution is 5.73. The Kier molecular flexibility index (Phi) is 7.74. The molecular weight excluding hydrogens is 280 g/mol. The Morgan fingerprint density at radius 2 is 2.00 bits per heavy atom. The fourth-order valence-electron chi connectivity index (χ4n) is 2.25. The fourth-order valence-corrected chi connectivity index (χ4v) is 2.25. The molecule has 0 heterocycles. The minimum Gasteiger partial charge on any atom is -0.490 e. The Morgan fingerprint density at radius 3 is 2.64 bits per heavy atom. The van der Waals surface area contributed by atoms with E-state index < -0.39 is 0 Å². The third-order valence-electron chi connectivity index (χ3n) is 3.19. The molecule has 0 aliphatic heterocycles. The molecule has 5 heteroatoms. The number of nitrogens with one attached hydrogen (secondary N) is 2. The summed E-state index contributed by atoms with van der Waals surface area (Å²) in [5.74, 6) is 1.39. The highest BCUT2D eigenvalue weighted by Gasteiger charge is 2.11. The van der Waals surface area contributed by atoms with Crippen molar-refractivity contribution < 1.29 is 14.6 Å². The van der Waals surface area contributed by atoms with Gasteiger partial charge in [0.2, 0.25) is 0 Å². The first-order valence-electron chi connectivity index (χ1n) is 7.81. The van der Waals surface area contributed by atoms with Crippen molar-refractivity contribution in [2.24, 2.45) is 5.92 Å². The van der Waals surface area contributed by atoms with Gasteiger partial charge in [-0.25, -0.2) is 4.79 Å². The summed E-state index contributed by atoms with van der Waals surface area (Å²) in [5.41, 5.74) is 2.07. The van der Waals surface area contributed by atoms with Gasteiger partial charge in [0.1, 0.15) is 5.75 Å². The average molecular weight is 308 g/mol. The van der Waals surface area contributed by atoms with Gasteiger partial charge < -0.3 is 20.5 Å². The van der Waals surface area contributed by atoms with Gasteiger partial charge in [-0.1, -0.05) is 26.0 Å². The van der Waals surface area contributed by atoms with E-state index in [0.717, 1.165) is 23.3 Å². The Bertz CT molecular complexity index is 475. The third-order valence-corrected chi connectivity index (χ3v) is 3.19. The lowest BCUT2D eigenvalue weighted by Gasteiger charge is -2.20. The average Bonchev–Trinajstić information content (AvgIpc) is 2.43. The minimum atomic E-state index is -0.296. The van der Waals surface area contributed by atoms with Crippen molar-refractivity contribution in [3.8, 4) is 5.75 Å². The molecule has 0 saturated heterocycles. The molecular formula is C17H28N2O3. The first-order valence-corrected chi connectivity index (χ1v) is 7.81. The van der Waals surface area contributed by atoms with Crippen LogP contribution in [-0.4, -0.2) is 30.4 Å². The first-order chi connectivity index (χ1) is 10.4. The van der Waals surface area contributed by atoms with Gasteiger partial charge in [0.15, 0.2) is 0 Å². The second-order valence-electron chi connectivity index (χ2n) is 6.00. The van der Waals surface area contributed by atoms with Crippen LogP contribution in [0.5, 0.6) is 5.75 Å².